The van der Waals surface area contributed by atoms with E-state index >= 15 is 0 Å². The van der Waals surface area contributed by atoms with Crippen molar-refractivity contribution in [2.75, 3.05) is 26.1 Å². The van der Waals surface area contributed by atoms with Crippen molar-refractivity contribution in [2.24, 2.45) is 0 Å². The van der Waals surface area contributed by atoms with E-state index < -0.39 is 6.08 Å². The van der Waals surface area contributed by atoms with Crippen LogP contribution in [0.5, 0.6) is 11.5 Å². The number of aromatic nitrogens is 4. The Morgan fingerprint density at radius 3 is 2.85 bits per heavy atom. The molecule has 1 unspecified atom stereocenters. The van der Waals surface area contributed by atoms with E-state index in [4.69, 9.17) is 14.2 Å². The number of nitrogens with zero attached hydrogens (tertiary/aromatic N) is 4. The van der Waals surface area contributed by atoms with Gasteiger partial charge in [0.05, 0.1) is 27.2 Å². The Labute approximate surface area is 148 Å². The zero-order chi connectivity index (χ0) is 18.1. The van der Waals surface area contributed by atoms with Crippen molar-refractivity contribution in [1.82, 2.24) is 19.5 Å². The van der Waals surface area contributed by atoms with Crippen LogP contribution < -0.4 is 14.8 Å². The van der Waals surface area contributed by atoms with Crippen molar-refractivity contribution in [3.05, 3.63) is 36.2 Å². The first-order chi connectivity index (χ1) is 12.7. The lowest BCUT2D eigenvalue weighted by Crippen LogP contribution is -2.24. The molecule has 2 aromatic heterocycles. The standard InChI is InChI=1S/C17H18FN5O3/c1-24-11-3-4-12(25-2)10(7-11)8-19-15-14-16(22-17(18)21-15)23(9-20-14)13-5-6-26-13/h3-4,7,9,13H,5-6,8H2,1-2H3,(H,19,21,22). The minimum atomic E-state index is -0.821. The van der Waals surface area contributed by atoms with Gasteiger partial charge in [0.15, 0.2) is 17.0 Å². The van der Waals surface area contributed by atoms with Crippen molar-refractivity contribution < 1.29 is 18.6 Å². The maximum Gasteiger partial charge on any atom is 0.312 e. The van der Waals surface area contributed by atoms with Crippen molar-refractivity contribution >= 4 is 17.0 Å². The molecule has 1 N–H and O–H groups in total. The minimum absolute atomic E-state index is 0.152. The minimum Gasteiger partial charge on any atom is -0.497 e. The molecular formula is C17H18FN5O3. The van der Waals surface area contributed by atoms with Crippen LogP contribution in [-0.2, 0) is 11.3 Å². The van der Waals surface area contributed by atoms with Crippen LogP contribution >= 0.6 is 0 Å². The fraction of sp³-hybridized carbons (Fsp3) is 0.353. The summed E-state index contributed by atoms with van der Waals surface area (Å²) in [5.41, 5.74) is 1.74. The second-order valence-electron chi connectivity index (χ2n) is 5.81. The van der Waals surface area contributed by atoms with Gasteiger partial charge in [0, 0.05) is 18.5 Å². The topological polar surface area (TPSA) is 83.3 Å². The Morgan fingerprint density at radius 1 is 1.31 bits per heavy atom. The zero-order valence-corrected chi connectivity index (χ0v) is 14.4. The molecule has 1 fully saturated rings. The van der Waals surface area contributed by atoms with Gasteiger partial charge in [-0.3, -0.25) is 4.57 Å². The number of hydrogen-bond acceptors (Lipinski definition) is 7. The first kappa shape index (κ1) is 16.5. The van der Waals surface area contributed by atoms with Gasteiger partial charge in [0.2, 0.25) is 0 Å². The Morgan fingerprint density at radius 2 is 2.15 bits per heavy atom. The molecule has 0 spiro atoms. The molecule has 136 valence electrons. The normalized spacial score (nSPS) is 16.3. The van der Waals surface area contributed by atoms with Gasteiger partial charge in [-0.05, 0) is 18.2 Å². The first-order valence-corrected chi connectivity index (χ1v) is 8.16. The molecule has 9 heteroatoms. The molecule has 1 atom stereocenters. The molecule has 0 radical (unpaired) electrons. The molecule has 26 heavy (non-hydrogen) atoms. The van der Waals surface area contributed by atoms with Crippen LogP contribution in [0.15, 0.2) is 24.5 Å². The summed E-state index contributed by atoms with van der Waals surface area (Å²) in [6.45, 7) is 1.04. The number of fused-ring (bicyclic) bond motifs is 1. The Kier molecular flexibility index (Phi) is 4.29. The second-order valence-corrected chi connectivity index (χ2v) is 5.81. The van der Waals surface area contributed by atoms with Gasteiger partial charge in [-0.15, -0.1) is 0 Å². The van der Waals surface area contributed by atoms with E-state index in [0.717, 1.165) is 12.0 Å². The van der Waals surface area contributed by atoms with Crippen molar-refractivity contribution in [1.29, 1.82) is 0 Å². The van der Waals surface area contributed by atoms with E-state index in [1.165, 1.54) is 0 Å². The molecule has 3 heterocycles. The number of rotatable bonds is 6. The van der Waals surface area contributed by atoms with Crippen LogP contribution in [-0.4, -0.2) is 40.3 Å². The molecule has 1 aliphatic heterocycles. The summed E-state index contributed by atoms with van der Waals surface area (Å²) in [5, 5.41) is 3.12. The highest BCUT2D eigenvalue weighted by Crippen LogP contribution is 2.29. The maximum absolute atomic E-state index is 13.9. The molecule has 0 bridgehead atoms. The van der Waals surface area contributed by atoms with Crippen molar-refractivity contribution in [3.8, 4) is 11.5 Å². The summed E-state index contributed by atoms with van der Waals surface area (Å²) in [6, 6.07) is 5.47. The zero-order valence-electron chi connectivity index (χ0n) is 14.4. The molecule has 8 nitrogen and oxygen atoms in total. The highest BCUT2D eigenvalue weighted by molar-refractivity contribution is 5.82. The number of benzene rings is 1. The maximum atomic E-state index is 13.9. The molecule has 1 saturated heterocycles. The summed E-state index contributed by atoms with van der Waals surface area (Å²) in [5.74, 6) is 1.71. The molecule has 0 aliphatic carbocycles. The predicted octanol–water partition coefficient (Wildman–Crippen LogP) is 2.51. The van der Waals surface area contributed by atoms with Crippen molar-refractivity contribution in [2.45, 2.75) is 19.2 Å². The van der Waals surface area contributed by atoms with Gasteiger partial charge >= 0.3 is 6.08 Å². The summed E-state index contributed by atoms with van der Waals surface area (Å²) in [7, 11) is 3.19. The molecule has 0 saturated carbocycles. The molecule has 1 aliphatic rings. The monoisotopic (exact) mass is 359 g/mol. The van der Waals surface area contributed by atoms with Crippen molar-refractivity contribution in [3.63, 3.8) is 0 Å². The summed E-state index contributed by atoms with van der Waals surface area (Å²) >= 11 is 0. The first-order valence-electron chi connectivity index (χ1n) is 8.16. The van der Waals surface area contributed by atoms with Gasteiger partial charge in [0.25, 0.3) is 0 Å². The smallest absolute Gasteiger partial charge is 0.312 e. The lowest BCUT2D eigenvalue weighted by atomic mass is 10.2. The molecular weight excluding hydrogens is 341 g/mol. The van der Waals surface area contributed by atoms with E-state index in [1.807, 2.05) is 18.2 Å². The number of anilines is 1. The van der Waals surface area contributed by atoms with Crippen LogP contribution in [0.2, 0.25) is 0 Å². The summed E-state index contributed by atoms with van der Waals surface area (Å²) in [6.07, 6.45) is 1.47. The lowest BCUT2D eigenvalue weighted by molar-refractivity contribution is -0.0974. The van der Waals surface area contributed by atoms with Gasteiger partial charge < -0.3 is 19.5 Å². The van der Waals surface area contributed by atoms with Crippen LogP contribution in [0, 0.1) is 6.08 Å². The number of methoxy groups -OCH3 is 2. The Balaban J connectivity index is 1.64. The van der Waals surface area contributed by atoms with Gasteiger partial charge in [-0.1, -0.05) is 0 Å². The average molecular weight is 359 g/mol. The summed E-state index contributed by atoms with van der Waals surface area (Å²) in [4.78, 5) is 12.1. The van der Waals surface area contributed by atoms with Crippen LogP contribution in [0.25, 0.3) is 11.2 Å². The van der Waals surface area contributed by atoms with E-state index in [-0.39, 0.29) is 6.23 Å². The predicted molar refractivity (Wildman–Crippen MR) is 91.8 cm³/mol. The third-order valence-corrected chi connectivity index (χ3v) is 4.31. The number of ether oxygens (including phenoxy) is 3. The molecule has 1 aromatic carbocycles. The number of halogens is 1. The fourth-order valence-corrected chi connectivity index (χ4v) is 2.87. The SMILES string of the molecule is COc1ccc(OC)c(CNc2nc(F)nc3c2ncn3C2CCO2)c1. The third-order valence-electron chi connectivity index (χ3n) is 4.31. The fourth-order valence-electron chi connectivity index (χ4n) is 2.87. The molecule has 3 aromatic rings. The van der Waals surface area contributed by atoms with Gasteiger partial charge in [-0.2, -0.15) is 14.4 Å². The third kappa shape index (κ3) is 2.90. The Hall–Kier alpha value is -2.94. The van der Waals surface area contributed by atoms with E-state index in [2.05, 4.69) is 20.3 Å². The lowest BCUT2D eigenvalue weighted by Gasteiger charge is -2.27. The average Bonchev–Trinajstić information content (AvgIpc) is 3.01. The van der Waals surface area contributed by atoms with E-state index in [1.54, 1.807) is 25.1 Å². The Bertz CT molecular complexity index is 942. The van der Waals surface area contributed by atoms with Crippen LogP contribution in [0.3, 0.4) is 0 Å². The van der Waals surface area contributed by atoms with Gasteiger partial charge in [0.1, 0.15) is 17.7 Å². The van der Waals surface area contributed by atoms with Gasteiger partial charge in [-0.25, -0.2) is 4.98 Å². The molecule has 4 rings (SSSR count). The van der Waals surface area contributed by atoms with E-state index in [9.17, 15) is 4.39 Å². The largest absolute Gasteiger partial charge is 0.497 e. The van der Waals surface area contributed by atoms with Crippen LogP contribution in [0.4, 0.5) is 10.2 Å². The summed E-state index contributed by atoms with van der Waals surface area (Å²) < 4.78 is 31.7. The number of nitrogens with one attached hydrogen (secondary N) is 1. The number of imidazole rings is 1. The van der Waals surface area contributed by atoms with Crippen LogP contribution in [0.1, 0.15) is 18.2 Å². The highest BCUT2D eigenvalue weighted by atomic mass is 19.1. The second kappa shape index (κ2) is 6.75. The molecule has 0 amide bonds. The number of hydrogen-bond donors (Lipinski definition) is 1. The highest BCUT2D eigenvalue weighted by Gasteiger charge is 2.24. The quantitative estimate of drug-likeness (QED) is 0.677. The van der Waals surface area contributed by atoms with E-state index in [0.29, 0.717) is 41.6 Å².